The molecular weight excluding hydrogens is 248 g/mol. The lowest BCUT2D eigenvalue weighted by Crippen LogP contribution is -2.12. The standard InChI is InChI=1S/C16H15N2Si/c1-8-9(2)13-10(3)16(19)12-6-5-7-17-14(12)15(13)18-11(8)4/h5-7H,1-4H3. The Labute approximate surface area is 116 Å². The highest BCUT2D eigenvalue weighted by Gasteiger charge is 2.14. The fourth-order valence-corrected chi connectivity index (χ4v) is 3.02. The molecule has 19 heavy (non-hydrogen) atoms. The molecule has 2 nitrogen and oxygen atoms in total. The minimum Gasteiger partial charge on any atom is -0.254 e. The summed E-state index contributed by atoms with van der Waals surface area (Å²) in [5, 5.41) is 3.46. The van der Waals surface area contributed by atoms with Crippen LogP contribution in [-0.4, -0.2) is 20.2 Å². The van der Waals surface area contributed by atoms with E-state index in [-0.39, 0.29) is 0 Å². The largest absolute Gasteiger partial charge is 0.254 e. The molecule has 0 saturated carbocycles. The number of hydrogen-bond acceptors (Lipinski definition) is 2. The Morgan fingerprint density at radius 1 is 0.947 bits per heavy atom. The van der Waals surface area contributed by atoms with Crippen LogP contribution in [0.25, 0.3) is 21.8 Å². The summed E-state index contributed by atoms with van der Waals surface area (Å²) < 4.78 is 0. The van der Waals surface area contributed by atoms with E-state index in [4.69, 9.17) is 4.98 Å². The average Bonchev–Trinajstić information content (AvgIpc) is 2.42. The monoisotopic (exact) mass is 263 g/mol. The van der Waals surface area contributed by atoms with Crippen molar-refractivity contribution < 1.29 is 0 Å². The molecule has 0 aliphatic heterocycles. The van der Waals surface area contributed by atoms with Gasteiger partial charge in [-0.05, 0) is 50.5 Å². The molecular formula is C16H15N2Si. The Bertz CT molecular complexity index is 822. The van der Waals surface area contributed by atoms with Crippen LogP contribution in [0.2, 0.25) is 0 Å². The predicted molar refractivity (Wildman–Crippen MR) is 81.4 cm³/mol. The van der Waals surface area contributed by atoms with Crippen LogP contribution in [0.15, 0.2) is 18.3 Å². The van der Waals surface area contributed by atoms with E-state index in [1.54, 1.807) is 0 Å². The van der Waals surface area contributed by atoms with E-state index in [1.165, 1.54) is 22.1 Å². The van der Waals surface area contributed by atoms with Gasteiger partial charge >= 0.3 is 0 Å². The molecule has 0 bridgehead atoms. The van der Waals surface area contributed by atoms with Gasteiger partial charge in [-0.25, -0.2) is 0 Å². The molecule has 2 heterocycles. The van der Waals surface area contributed by atoms with Gasteiger partial charge < -0.3 is 0 Å². The third-order valence-electron chi connectivity index (χ3n) is 4.05. The van der Waals surface area contributed by atoms with Gasteiger partial charge in [-0.15, -0.1) is 0 Å². The molecule has 0 N–H and O–H groups in total. The van der Waals surface area contributed by atoms with Gasteiger partial charge in [0.2, 0.25) is 0 Å². The van der Waals surface area contributed by atoms with Crippen LogP contribution < -0.4 is 5.19 Å². The number of rotatable bonds is 0. The van der Waals surface area contributed by atoms with Gasteiger partial charge in [0.05, 0.1) is 21.3 Å². The molecule has 0 saturated heterocycles. The lowest BCUT2D eigenvalue weighted by atomic mass is 9.97. The minimum atomic E-state index is 0.972. The third kappa shape index (κ3) is 1.61. The first kappa shape index (κ1) is 12.3. The molecule has 2 aromatic heterocycles. The van der Waals surface area contributed by atoms with Gasteiger partial charge in [0.15, 0.2) is 0 Å². The maximum Gasteiger partial charge on any atom is 0.0973 e. The summed E-state index contributed by atoms with van der Waals surface area (Å²) in [7, 11) is 3.77. The summed E-state index contributed by atoms with van der Waals surface area (Å²) in [5.41, 5.74) is 6.86. The Kier molecular flexibility index (Phi) is 2.68. The average molecular weight is 263 g/mol. The first-order valence-corrected chi connectivity index (χ1v) is 6.88. The molecule has 93 valence electrons. The number of fused-ring (bicyclic) bond motifs is 3. The van der Waals surface area contributed by atoms with Crippen LogP contribution in [0.5, 0.6) is 0 Å². The molecule has 3 aromatic rings. The highest BCUT2D eigenvalue weighted by Crippen LogP contribution is 2.28. The number of aryl methyl sites for hydroxylation is 3. The SMILES string of the molecule is Cc1nc2c(c(C)c1C)c(C)c([Si])c1cccnc12. The lowest BCUT2D eigenvalue weighted by Gasteiger charge is -2.15. The van der Waals surface area contributed by atoms with Crippen LogP contribution in [0.3, 0.4) is 0 Å². The van der Waals surface area contributed by atoms with Crippen LogP contribution in [0.4, 0.5) is 0 Å². The zero-order valence-corrected chi connectivity index (χ0v) is 12.6. The number of nitrogens with zero attached hydrogens (tertiary/aromatic N) is 2. The van der Waals surface area contributed by atoms with Gasteiger partial charge in [0.1, 0.15) is 0 Å². The van der Waals surface area contributed by atoms with Crippen molar-refractivity contribution in [2.24, 2.45) is 0 Å². The first-order chi connectivity index (χ1) is 9.02. The van der Waals surface area contributed by atoms with Crippen molar-refractivity contribution in [1.29, 1.82) is 0 Å². The predicted octanol–water partition coefficient (Wildman–Crippen LogP) is 2.81. The second-order valence-corrected chi connectivity index (χ2v) is 5.57. The fraction of sp³-hybridized carbons (Fsp3) is 0.250. The molecule has 0 atom stereocenters. The molecule has 3 radical (unpaired) electrons. The normalized spacial score (nSPS) is 11.4. The molecule has 0 amide bonds. The molecule has 0 spiro atoms. The Morgan fingerprint density at radius 2 is 1.68 bits per heavy atom. The van der Waals surface area contributed by atoms with Crippen LogP contribution in [0.1, 0.15) is 22.4 Å². The van der Waals surface area contributed by atoms with Crippen molar-refractivity contribution in [2.75, 3.05) is 0 Å². The molecule has 0 unspecified atom stereocenters. The third-order valence-corrected chi connectivity index (χ3v) is 4.69. The molecule has 1 aromatic carbocycles. The van der Waals surface area contributed by atoms with E-state index in [2.05, 4.69) is 49.0 Å². The van der Waals surface area contributed by atoms with Crippen LogP contribution in [-0.2, 0) is 0 Å². The summed E-state index contributed by atoms with van der Waals surface area (Å²) in [6, 6.07) is 4.05. The second kappa shape index (κ2) is 4.13. The maximum absolute atomic E-state index is 4.78. The van der Waals surface area contributed by atoms with E-state index in [9.17, 15) is 0 Å². The van der Waals surface area contributed by atoms with Crippen LogP contribution >= 0.6 is 0 Å². The topological polar surface area (TPSA) is 25.8 Å². The Balaban J connectivity index is 2.70. The van der Waals surface area contributed by atoms with E-state index < -0.39 is 0 Å². The van der Waals surface area contributed by atoms with Crippen molar-refractivity contribution in [3.63, 3.8) is 0 Å². The van der Waals surface area contributed by atoms with Gasteiger partial charge in [-0.3, -0.25) is 9.97 Å². The van der Waals surface area contributed by atoms with Gasteiger partial charge in [0, 0.05) is 22.7 Å². The summed E-state index contributed by atoms with van der Waals surface area (Å²) in [6.45, 7) is 8.50. The zero-order chi connectivity index (χ0) is 13.7. The van der Waals surface area contributed by atoms with E-state index in [0.717, 1.165) is 27.3 Å². The molecule has 3 rings (SSSR count). The van der Waals surface area contributed by atoms with Crippen molar-refractivity contribution in [1.82, 2.24) is 9.97 Å². The summed E-state index contributed by atoms with van der Waals surface area (Å²) in [4.78, 5) is 9.31. The second-order valence-electron chi connectivity index (χ2n) is 5.07. The van der Waals surface area contributed by atoms with Gasteiger partial charge in [-0.2, -0.15) is 0 Å². The van der Waals surface area contributed by atoms with Crippen molar-refractivity contribution in [3.05, 3.63) is 40.7 Å². The van der Waals surface area contributed by atoms with Crippen molar-refractivity contribution >= 4 is 37.2 Å². The quantitative estimate of drug-likeness (QED) is 0.460. The van der Waals surface area contributed by atoms with Gasteiger partial charge in [0.25, 0.3) is 0 Å². The molecule has 0 aliphatic carbocycles. The van der Waals surface area contributed by atoms with E-state index in [1.807, 2.05) is 12.3 Å². The Morgan fingerprint density at radius 3 is 2.42 bits per heavy atom. The molecule has 3 heteroatoms. The van der Waals surface area contributed by atoms with Crippen LogP contribution in [0, 0.1) is 27.7 Å². The zero-order valence-electron chi connectivity index (χ0n) is 11.6. The fourth-order valence-electron chi connectivity index (χ4n) is 2.70. The number of pyridine rings is 2. The Hall–Kier alpha value is -1.74. The highest BCUT2D eigenvalue weighted by molar-refractivity contribution is 6.42. The minimum absolute atomic E-state index is 0.972. The van der Waals surface area contributed by atoms with Gasteiger partial charge in [-0.1, -0.05) is 11.3 Å². The lowest BCUT2D eigenvalue weighted by molar-refractivity contribution is 1.16. The van der Waals surface area contributed by atoms with Crippen molar-refractivity contribution in [2.45, 2.75) is 27.7 Å². The molecule has 0 fully saturated rings. The number of hydrogen-bond donors (Lipinski definition) is 0. The molecule has 0 aliphatic rings. The first-order valence-electron chi connectivity index (χ1n) is 6.38. The maximum atomic E-state index is 4.78. The number of benzene rings is 1. The van der Waals surface area contributed by atoms with Crippen molar-refractivity contribution in [3.8, 4) is 0 Å². The summed E-state index contributed by atoms with van der Waals surface area (Å²) in [6.07, 6.45) is 1.83. The summed E-state index contributed by atoms with van der Waals surface area (Å²) >= 11 is 0. The smallest absolute Gasteiger partial charge is 0.0973 e. The highest BCUT2D eigenvalue weighted by atomic mass is 28.1. The van der Waals surface area contributed by atoms with E-state index in [0.29, 0.717) is 0 Å². The summed E-state index contributed by atoms with van der Waals surface area (Å²) in [5.74, 6) is 0. The van der Waals surface area contributed by atoms with E-state index >= 15 is 0 Å². The number of aromatic nitrogens is 2.